The second-order valence-electron chi connectivity index (χ2n) is 16.3. The molecule has 0 radical (unpaired) electrons. The van der Waals surface area contributed by atoms with Gasteiger partial charge in [-0.3, -0.25) is 0 Å². The largest absolute Gasteiger partial charge is 0.457 e. The van der Waals surface area contributed by atoms with E-state index in [1.54, 1.807) is 0 Å². The molecule has 4 nitrogen and oxygen atoms in total. The maximum Gasteiger partial charge on any atom is 0.132 e. The SMILES string of the molecule is C1=CC(c2ccccc2)Nc2c1ccc1ccc(-c3ccc(C4Nc5ccccc5-c5cc6c(cc54)C4(c5ccccc5Oc5ccccc54)c4ccccc4-6)cc3)nc21. The van der Waals surface area contributed by atoms with Gasteiger partial charge in [-0.25, -0.2) is 4.98 Å². The van der Waals surface area contributed by atoms with Crippen molar-refractivity contribution in [2.24, 2.45) is 0 Å². The number of rotatable bonds is 3. The zero-order chi connectivity index (χ0) is 39.4. The fourth-order valence-corrected chi connectivity index (χ4v) is 10.5. The molecule has 1 aliphatic carbocycles. The van der Waals surface area contributed by atoms with Crippen molar-refractivity contribution in [1.29, 1.82) is 0 Å². The van der Waals surface area contributed by atoms with E-state index in [1.807, 2.05) is 0 Å². The summed E-state index contributed by atoms with van der Waals surface area (Å²) < 4.78 is 6.64. The molecule has 0 saturated carbocycles. The zero-order valence-corrected chi connectivity index (χ0v) is 32.6. The number of pyridine rings is 1. The lowest BCUT2D eigenvalue weighted by Crippen LogP contribution is -2.32. The Balaban J connectivity index is 0.947. The first kappa shape index (κ1) is 33.3. The van der Waals surface area contributed by atoms with Gasteiger partial charge in [0.25, 0.3) is 0 Å². The maximum absolute atomic E-state index is 6.64. The van der Waals surface area contributed by atoms with E-state index in [9.17, 15) is 0 Å². The van der Waals surface area contributed by atoms with Crippen LogP contribution in [0.2, 0.25) is 0 Å². The van der Waals surface area contributed by atoms with Crippen LogP contribution in [0.25, 0.3) is 50.5 Å². The minimum absolute atomic E-state index is 0.0807. The summed E-state index contributed by atoms with van der Waals surface area (Å²) in [6.45, 7) is 0. The molecule has 2 atom stereocenters. The zero-order valence-electron chi connectivity index (χ0n) is 32.6. The lowest BCUT2D eigenvalue weighted by Gasteiger charge is -2.40. The monoisotopic (exact) mass is 767 g/mol. The molecule has 0 fully saturated rings. The van der Waals surface area contributed by atoms with Gasteiger partial charge >= 0.3 is 0 Å². The molecule has 0 saturated heterocycles. The van der Waals surface area contributed by atoms with Gasteiger partial charge in [-0.2, -0.15) is 0 Å². The lowest BCUT2D eigenvalue weighted by molar-refractivity contribution is 0.436. The van der Waals surface area contributed by atoms with Gasteiger partial charge in [-0.05, 0) is 80.4 Å². The van der Waals surface area contributed by atoms with Crippen LogP contribution in [-0.4, -0.2) is 4.98 Å². The van der Waals surface area contributed by atoms with E-state index in [-0.39, 0.29) is 12.1 Å². The van der Waals surface area contributed by atoms with Gasteiger partial charge in [-0.1, -0.05) is 170 Å². The van der Waals surface area contributed by atoms with Crippen LogP contribution in [-0.2, 0) is 5.41 Å². The number of benzene rings is 8. The average molecular weight is 768 g/mol. The second kappa shape index (κ2) is 12.7. The summed E-state index contributed by atoms with van der Waals surface area (Å²) >= 11 is 0. The van der Waals surface area contributed by atoms with Crippen molar-refractivity contribution in [2.75, 3.05) is 10.6 Å². The van der Waals surface area contributed by atoms with Crippen LogP contribution in [0.4, 0.5) is 11.4 Å². The van der Waals surface area contributed by atoms with E-state index < -0.39 is 5.41 Å². The van der Waals surface area contributed by atoms with Gasteiger partial charge in [0.05, 0.1) is 34.4 Å². The van der Waals surface area contributed by atoms with Crippen LogP contribution in [0.5, 0.6) is 11.5 Å². The Morgan fingerprint density at radius 2 is 1.18 bits per heavy atom. The number of nitrogens with zero attached hydrogens (tertiary/aromatic N) is 1. The Labute approximate surface area is 348 Å². The number of anilines is 2. The predicted octanol–water partition coefficient (Wildman–Crippen LogP) is 13.7. The molecule has 282 valence electrons. The molecular formula is C56H37N3O. The van der Waals surface area contributed by atoms with E-state index in [2.05, 4.69) is 211 Å². The van der Waals surface area contributed by atoms with Crippen LogP contribution < -0.4 is 15.4 Å². The van der Waals surface area contributed by atoms with Crippen LogP contribution >= 0.6 is 0 Å². The Morgan fingerprint density at radius 1 is 0.500 bits per heavy atom. The van der Waals surface area contributed by atoms with Crippen LogP contribution in [0.15, 0.2) is 194 Å². The first-order chi connectivity index (χ1) is 29.7. The fourth-order valence-electron chi connectivity index (χ4n) is 10.5. The summed E-state index contributed by atoms with van der Waals surface area (Å²) in [5.41, 5.74) is 19.5. The number of aromatic nitrogens is 1. The molecule has 4 heteroatoms. The third-order valence-electron chi connectivity index (χ3n) is 13.2. The number of hydrogen-bond donors (Lipinski definition) is 2. The molecule has 60 heavy (non-hydrogen) atoms. The summed E-state index contributed by atoms with van der Waals surface area (Å²) in [4.78, 5) is 5.32. The van der Waals surface area contributed by atoms with Gasteiger partial charge < -0.3 is 15.4 Å². The summed E-state index contributed by atoms with van der Waals surface area (Å²) in [6.07, 6.45) is 4.45. The first-order valence-electron chi connectivity index (χ1n) is 20.8. The average Bonchev–Trinajstić information content (AvgIpc) is 3.60. The van der Waals surface area contributed by atoms with Gasteiger partial charge in [0.15, 0.2) is 0 Å². The number of fused-ring (bicyclic) bond motifs is 15. The molecule has 4 aliphatic rings. The summed E-state index contributed by atoms with van der Waals surface area (Å²) in [5.74, 6) is 1.80. The highest BCUT2D eigenvalue weighted by Gasteiger charge is 2.51. The minimum Gasteiger partial charge on any atom is -0.457 e. The van der Waals surface area contributed by atoms with Crippen molar-refractivity contribution in [3.8, 4) is 45.0 Å². The third-order valence-corrected chi connectivity index (χ3v) is 13.2. The Kier molecular flexibility index (Phi) is 7.02. The Bertz CT molecular complexity index is 3210. The predicted molar refractivity (Wildman–Crippen MR) is 244 cm³/mol. The van der Waals surface area contributed by atoms with Gasteiger partial charge in [0.2, 0.25) is 0 Å². The van der Waals surface area contributed by atoms with Crippen molar-refractivity contribution in [1.82, 2.24) is 4.98 Å². The molecule has 3 aliphatic heterocycles. The summed E-state index contributed by atoms with van der Waals surface area (Å²) in [5, 5.41) is 8.91. The van der Waals surface area contributed by atoms with E-state index in [4.69, 9.17) is 9.72 Å². The Morgan fingerprint density at radius 3 is 1.98 bits per heavy atom. The van der Waals surface area contributed by atoms with Crippen LogP contribution in [0, 0.1) is 0 Å². The smallest absolute Gasteiger partial charge is 0.132 e. The minimum atomic E-state index is -0.537. The normalized spacial score (nSPS) is 16.8. The van der Waals surface area contributed by atoms with Gasteiger partial charge in [0, 0.05) is 33.3 Å². The van der Waals surface area contributed by atoms with Crippen molar-refractivity contribution >= 4 is 28.4 Å². The molecule has 1 spiro atoms. The molecule has 0 bridgehead atoms. The van der Waals surface area contributed by atoms with Crippen LogP contribution in [0.1, 0.15) is 56.6 Å². The van der Waals surface area contributed by atoms with E-state index in [1.165, 1.54) is 61.2 Å². The van der Waals surface area contributed by atoms with E-state index in [0.717, 1.165) is 50.6 Å². The maximum atomic E-state index is 6.64. The highest BCUT2D eigenvalue weighted by molar-refractivity contribution is 5.98. The number of para-hydroxylation sites is 3. The standard InChI is InChI=1S/C56H37N3O/c1-2-12-34(13-3-1)48-30-28-37-26-27-38-29-31-49(58-55(38)54(37)57-48)35-22-24-36(25-23-35)53-43-33-47-42(32-41(43)40-15-5-9-19-50(40)59-53)39-14-4-6-16-44(39)56(47)45-17-7-10-20-51(45)60-52-21-11-8-18-46(52)56/h1-33,48,53,57,59H. The molecule has 13 rings (SSSR count). The summed E-state index contributed by atoms with van der Waals surface area (Å²) in [6, 6.07) is 68.2. The van der Waals surface area contributed by atoms with E-state index in [0.29, 0.717) is 0 Å². The van der Waals surface area contributed by atoms with Gasteiger partial charge in [-0.15, -0.1) is 0 Å². The number of ether oxygens (including phenoxy) is 1. The molecular weight excluding hydrogens is 731 g/mol. The van der Waals surface area contributed by atoms with Crippen molar-refractivity contribution < 1.29 is 4.74 Å². The molecule has 1 aromatic heterocycles. The highest BCUT2D eigenvalue weighted by Crippen LogP contribution is 2.63. The van der Waals surface area contributed by atoms with Crippen molar-refractivity contribution in [3.05, 3.63) is 239 Å². The molecule has 2 unspecified atom stereocenters. The van der Waals surface area contributed by atoms with Crippen molar-refractivity contribution in [2.45, 2.75) is 17.5 Å². The topological polar surface area (TPSA) is 46.2 Å². The molecule has 4 heterocycles. The molecule has 9 aromatic rings. The highest BCUT2D eigenvalue weighted by atomic mass is 16.5. The van der Waals surface area contributed by atoms with Gasteiger partial charge in [0.1, 0.15) is 11.5 Å². The molecule has 0 amide bonds. The summed E-state index contributed by atoms with van der Waals surface area (Å²) in [7, 11) is 0. The molecule has 2 N–H and O–H groups in total. The van der Waals surface area contributed by atoms with Crippen LogP contribution in [0.3, 0.4) is 0 Å². The molecule has 8 aromatic carbocycles. The van der Waals surface area contributed by atoms with E-state index >= 15 is 0 Å². The second-order valence-corrected chi connectivity index (χ2v) is 16.3. The number of hydrogen-bond acceptors (Lipinski definition) is 4. The third kappa shape index (κ3) is 4.70. The fraction of sp³-hybridized carbons (Fsp3) is 0.0536. The lowest BCUT2D eigenvalue weighted by atomic mass is 9.65. The first-order valence-corrected chi connectivity index (χ1v) is 20.8. The Hall–Kier alpha value is -7.69. The number of nitrogens with one attached hydrogen (secondary N) is 2. The van der Waals surface area contributed by atoms with Crippen molar-refractivity contribution in [3.63, 3.8) is 0 Å². The quantitative estimate of drug-likeness (QED) is 0.188.